The van der Waals surface area contributed by atoms with Crippen LogP contribution in [0.2, 0.25) is 0 Å². The number of morpholine rings is 1. The number of hydrogen-bond donors (Lipinski definition) is 1. The molecule has 2 saturated heterocycles. The molecule has 184 valence electrons. The van der Waals surface area contributed by atoms with Gasteiger partial charge in [0, 0.05) is 39.3 Å². The Hall–Kier alpha value is -2.53. The van der Waals surface area contributed by atoms with Crippen LogP contribution < -0.4 is 10.2 Å². The van der Waals surface area contributed by atoms with Crippen LogP contribution in [-0.4, -0.2) is 86.4 Å². The predicted molar refractivity (Wildman–Crippen MR) is 117 cm³/mol. The molecule has 0 bridgehead atoms. The van der Waals surface area contributed by atoms with E-state index in [1.54, 1.807) is 25.7 Å². The lowest BCUT2D eigenvalue weighted by molar-refractivity contribution is -0.137. The van der Waals surface area contributed by atoms with Crippen molar-refractivity contribution in [2.45, 2.75) is 32.5 Å². The van der Waals surface area contributed by atoms with Crippen molar-refractivity contribution in [2.24, 2.45) is 0 Å². The molecule has 2 aliphatic heterocycles. The molecule has 0 spiro atoms. The van der Waals surface area contributed by atoms with E-state index in [1.807, 2.05) is 9.80 Å². The third-order valence-corrected chi connectivity index (χ3v) is 5.34. The number of nitrogens with zero attached hydrogens (tertiary/aromatic N) is 3. The zero-order chi connectivity index (χ0) is 24.2. The van der Waals surface area contributed by atoms with Crippen molar-refractivity contribution in [1.29, 1.82) is 0 Å². The van der Waals surface area contributed by atoms with Crippen molar-refractivity contribution in [2.75, 3.05) is 69.2 Å². The van der Waals surface area contributed by atoms with E-state index >= 15 is 0 Å². The van der Waals surface area contributed by atoms with E-state index in [0.29, 0.717) is 58.2 Å². The number of nitrogens with one attached hydrogen (secondary N) is 1. The van der Waals surface area contributed by atoms with E-state index in [1.165, 1.54) is 6.07 Å². The van der Waals surface area contributed by atoms with Crippen LogP contribution in [0.5, 0.6) is 0 Å². The predicted octanol–water partition coefficient (Wildman–Crippen LogP) is 3.03. The summed E-state index contributed by atoms with van der Waals surface area (Å²) in [5.41, 5.74) is -0.739. The summed E-state index contributed by atoms with van der Waals surface area (Å²) < 4.78 is 50.5. The monoisotopic (exact) mass is 472 g/mol. The Morgan fingerprint density at radius 1 is 1.03 bits per heavy atom. The first kappa shape index (κ1) is 25.1. The smallest absolute Gasteiger partial charge is 0.416 e. The molecular weight excluding hydrogens is 441 g/mol. The van der Waals surface area contributed by atoms with Gasteiger partial charge in [-0.15, -0.1) is 0 Å². The largest absolute Gasteiger partial charge is 0.444 e. The molecule has 1 aromatic carbocycles. The van der Waals surface area contributed by atoms with Crippen LogP contribution in [0.4, 0.5) is 29.3 Å². The number of benzene rings is 1. The summed E-state index contributed by atoms with van der Waals surface area (Å²) in [4.78, 5) is 30.2. The van der Waals surface area contributed by atoms with Crippen molar-refractivity contribution >= 4 is 23.4 Å². The number of anilines is 2. The van der Waals surface area contributed by atoms with Gasteiger partial charge >= 0.3 is 12.3 Å². The summed E-state index contributed by atoms with van der Waals surface area (Å²) >= 11 is 0. The quantitative estimate of drug-likeness (QED) is 0.726. The molecule has 33 heavy (non-hydrogen) atoms. The number of carbonyl (C=O) groups is 2. The van der Waals surface area contributed by atoms with Gasteiger partial charge < -0.3 is 24.6 Å². The summed E-state index contributed by atoms with van der Waals surface area (Å²) in [6.45, 7) is 9.14. The number of ether oxygens (including phenoxy) is 2. The van der Waals surface area contributed by atoms with Gasteiger partial charge in [-0.05, 0) is 39.0 Å². The minimum atomic E-state index is -4.51. The van der Waals surface area contributed by atoms with Gasteiger partial charge in [-0.1, -0.05) is 0 Å². The molecule has 3 rings (SSSR count). The Morgan fingerprint density at radius 3 is 2.24 bits per heavy atom. The van der Waals surface area contributed by atoms with Crippen molar-refractivity contribution in [3.05, 3.63) is 23.8 Å². The summed E-state index contributed by atoms with van der Waals surface area (Å²) in [5, 5.41) is 2.66. The fourth-order valence-electron chi connectivity index (χ4n) is 3.70. The molecule has 8 nitrogen and oxygen atoms in total. The van der Waals surface area contributed by atoms with Crippen molar-refractivity contribution < 1.29 is 32.2 Å². The average Bonchev–Trinajstić information content (AvgIpc) is 2.73. The molecular formula is C22H31F3N4O4. The maximum atomic E-state index is 13.3. The van der Waals surface area contributed by atoms with Crippen LogP contribution in [0, 0.1) is 0 Å². The SMILES string of the molecule is CC(C)(C)OC(=O)N1CCN(CC(=O)Nc2cc(C(F)(F)F)ccc2N2CCOCC2)CC1. The highest BCUT2D eigenvalue weighted by Crippen LogP contribution is 2.35. The Balaban J connectivity index is 1.62. The van der Waals surface area contributed by atoms with Gasteiger partial charge in [0.25, 0.3) is 0 Å². The number of rotatable bonds is 4. The van der Waals surface area contributed by atoms with Crippen LogP contribution in [-0.2, 0) is 20.4 Å². The summed E-state index contributed by atoms with van der Waals surface area (Å²) in [6.07, 6.45) is -4.91. The molecule has 11 heteroatoms. The minimum Gasteiger partial charge on any atom is -0.444 e. The molecule has 0 unspecified atom stereocenters. The Labute approximate surface area is 191 Å². The average molecular weight is 473 g/mol. The van der Waals surface area contributed by atoms with Crippen molar-refractivity contribution in [3.8, 4) is 0 Å². The zero-order valence-electron chi connectivity index (χ0n) is 19.2. The highest BCUT2D eigenvalue weighted by atomic mass is 19.4. The second-order valence-corrected chi connectivity index (χ2v) is 9.12. The molecule has 2 heterocycles. The number of amides is 2. The van der Waals surface area contributed by atoms with Crippen molar-refractivity contribution in [3.63, 3.8) is 0 Å². The lowest BCUT2D eigenvalue weighted by atomic mass is 10.1. The highest BCUT2D eigenvalue weighted by molar-refractivity contribution is 5.96. The molecule has 0 aliphatic carbocycles. The van der Waals surface area contributed by atoms with E-state index in [4.69, 9.17) is 9.47 Å². The molecule has 2 fully saturated rings. The van der Waals surface area contributed by atoms with Gasteiger partial charge in [0.15, 0.2) is 0 Å². The third kappa shape index (κ3) is 7.23. The van der Waals surface area contributed by atoms with E-state index < -0.39 is 29.3 Å². The first-order valence-corrected chi connectivity index (χ1v) is 11.0. The van der Waals surface area contributed by atoms with Crippen LogP contribution in [0.15, 0.2) is 18.2 Å². The number of halogens is 3. The molecule has 0 saturated carbocycles. The molecule has 2 aliphatic rings. The molecule has 1 aromatic rings. The molecule has 2 amide bonds. The van der Waals surface area contributed by atoms with Crippen LogP contribution in [0.1, 0.15) is 26.3 Å². The zero-order valence-corrected chi connectivity index (χ0v) is 19.2. The Kier molecular flexibility index (Phi) is 7.73. The summed E-state index contributed by atoms with van der Waals surface area (Å²) in [7, 11) is 0. The molecule has 1 N–H and O–H groups in total. The topological polar surface area (TPSA) is 74.4 Å². The first-order chi connectivity index (χ1) is 15.4. The number of carbonyl (C=O) groups excluding carboxylic acids is 2. The Bertz CT molecular complexity index is 843. The molecule has 0 radical (unpaired) electrons. The number of piperazine rings is 1. The van der Waals surface area contributed by atoms with Gasteiger partial charge in [-0.25, -0.2) is 4.79 Å². The summed E-state index contributed by atoms with van der Waals surface area (Å²) in [6, 6.07) is 3.39. The summed E-state index contributed by atoms with van der Waals surface area (Å²) in [5.74, 6) is -0.408. The molecule has 0 atom stereocenters. The van der Waals surface area contributed by atoms with Gasteiger partial charge in [0.2, 0.25) is 5.91 Å². The second-order valence-electron chi connectivity index (χ2n) is 9.12. The third-order valence-electron chi connectivity index (χ3n) is 5.34. The standard InChI is InChI=1S/C22H31F3N4O4/c1-21(2,3)33-20(31)29-8-6-27(7-9-29)15-19(30)26-17-14-16(22(23,24)25)4-5-18(17)28-10-12-32-13-11-28/h4-5,14H,6-13,15H2,1-3H3,(H,26,30). The van der Waals surface area contributed by atoms with Crippen LogP contribution in [0.3, 0.4) is 0 Å². The molecule has 0 aromatic heterocycles. The van der Waals surface area contributed by atoms with Gasteiger partial charge in [-0.2, -0.15) is 13.2 Å². The minimum absolute atomic E-state index is 0.0148. The van der Waals surface area contributed by atoms with Crippen LogP contribution >= 0.6 is 0 Å². The maximum absolute atomic E-state index is 13.3. The highest BCUT2D eigenvalue weighted by Gasteiger charge is 2.32. The second kappa shape index (κ2) is 10.2. The lowest BCUT2D eigenvalue weighted by Crippen LogP contribution is -2.51. The fourth-order valence-corrected chi connectivity index (χ4v) is 3.70. The van der Waals surface area contributed by atoms with E-state index in [0.717, 1.165) is 12.1 Å². The van der Waals surface area contributed by atoms with Gasteiger partial charge in [-0.3, -0.25) is 9.69 Å². The van der Waals surface area contributed by atoms with Crippen LogP contribution in [0.25, 0.3) is 0 Å². The number of hydrogen-bond acceptors (Lipinski definition) is 6. The number of alkyl halides is 3. The maximum Gasteiger partial charge on any atom is 0.416 e. The lowest BCUT2D eigenvalue weighted by Gasteiger charge is -2.35. The van der Waals surface area contributed by atoms with Gasteiger partial charge in [0.1, 0.15) is 5.60 Å². The van der Waals surface area contributed by atoms with E-state index in [-0.39, 0.29) is 12.2 Å². The van der Waals surface area contributed by atoms with E-state index in [2.05, 4.69) is 5.32 Å². The first-order valence-electron chi connectivity index (χ1n) is 11.0. The Morgan fingerprint density at radius 2 is 1.67 bits per heavy atom. The van der Waals surface area contributed by atoms with Gasteiger partial charge in [0.05, 0.1) is 36.7 Å². The van der Waals surface area contributed by atoms with E-state index in [9.17, 15) is 22.8 Å². The fraction of sp³-hybridized carbons (Fsp3) is 0.636. The van der Waals surface area contributed by atoms with Crippen molar-refractivity contribution in [1.82, 2.24) is 9.80 Å². The normalized spacial score (nSPS) is 18.2.